The number of hydrogen-bond acceptors (Lipinski definition) is 2. The topological polar surface area (TPSA) is 38.0 Å². The number of nitrogens with two attached hydrogens (primary N) is 1. The average Bonchev–Trinajstić information content (AvgIpc) is 2.43. The minimum atomic E-state index is -0.242. The van der Waals surface area contributed by atoms with Crippen molar-refractivity contribution in [2.45, 2.75) is 25.8 Å². The summed E-state index contributed by atoms with van der Waals surface area (Å²) in [6.07, 6.45) is 1.48. The molecule has 3 N–H and O–H groups in total. The van der Waals surface area contributed by atoms with E-state index in [1.165, 1.54) is 17.2 Å². The number of benzene rings is 2. The van der Waals surface area contributed by atoms with E-state index in [1.54, 1.807) is 6.07 Å². The van der Waals surface area contributed by atoms with E-state index in [2.05, 4.69) is 46.5 Å². The molecule has 0 amide bonds. The molecule has 2 aromatic rings. The quantitative estimate of drug-likeness (QED) is 0.647. The van der Waals surface area contributed by atoms with Crippen molar-refractivity contribution in [3.63, 3.8) is 0 Å². The Morgan fingerprint density at radius 1 is 1.20 bits per heavy atom. The minimum absolute atomic E-state index is 0.0647. The Balaban J connectivity index is 2.11. The molecule has 4 heteroatoms. The third kappa shape index (κ3) is 3.88. The molecule has 0 aromatic heterocycles. The summed E-state index contributed by atoms with van der Waals surface area (Å²) in [5, 5.41) is 0. The summed E-state index contributed by atoms with van der Waals surface area (Å²) in [6, 6.07) is 13.5. The molecule has 0 spiro atoms. The van der Waals surface area contributed by atoms with Crippen LogP contribution in [0.15, 0.2) is 46.9 Å². The molecular formula is C16H18BrFN2. The summed E-state index contributed by atoms with van der Waals surface area (Å²) in [5.74, 6) is 5.39. The van der Waals surface area contributed by atoms with Crippen molar-refractivity contribution in [1.29, 1.82) is 0 Å². The highest BCUT2D eigenvalue weighted by atomic mass is 79.9. The molecule has 0 aliphatic heterocycles. The first-order valence-electron chi connectivity index (χ1n) is 6.54. The molecule has 0 radical (unpaired) electrons. The maximum Gasteiger partial charge on any atom is 0.137 e. The van der Waals surface area contributed by atoms with E-state index in [0.29, 0.717) is 10.9 Å². The van der Waals surface area contributed by atoms with Gasteiger partial charge in [-0.05, 0) is 52.9 Å². The zero-order valence-corrected chi connectivity index (χ0v) is 13.0. The lowest BCUT2D eigenvalue weighted by Gasteiger charge is -2.17. The maximum absolute atomic E-state index is 13.5. The SMILES string of the molecule is Cc1cccc(CC(Cc2cccc(F)c2Br)NN)c1. The van der Waals surface area contributed by atoms with E-state index in [0.717, 1.165) is 12.0 Å². The van der Waals surface area contributed by atoms with Crippen molar-refractivity contribution in [3.05, 3.63) is 69.4 Å². The molecule has 2 rings (SSSR count). The second-order valence-electron chi connectivity index (χ2n) is 4.97. The third-order valence-electron chi connectivity index (χ3n) is 3.30. The minimum Gasteiger partial charge on any atom is -0.271 e. The van der Waals surface area contributed by atoms with Crippen LogP contribution in [0.5, 0.6) is 0 Å². The van der Waals surface area contributed by atoms with Gasteiger partial charge in [0.1, 0.15) is 5.82 Å². The Bertz CT molecular complexity index is 586. The van der Waals surface area contributed by atoms with Crippen molar-refractivity contribution in [3.8, 4) is 0 Å². The number of nitrogens with one attached hydrogen (secondary N) is 1. The van der Waals surface area contributed by atoms with Gasteiger partial charge in [-0.1, -0.05) is 42.0 Å². The van der Waals surface area contributed by atoms with E-state index < -0.39 is 0 Å². The van der Waals surface area contributed by atoms with Crippen LogP contribution in [-0.4, -0.2) is 6.04 Å². The Morgan fingerprint density at radius 3 is 2.65 bits per heavy atom. The number of rotatable bonds is 5. The fraction of sp³-hybridized carbons (Fsp3) is 0.250. The van der Waals surface area contributed by atoms with Crippen LogP contribution in [0, 0.1) is 12.7 Å². The van der Waals surface area contributed by atoms with Gasteiger partial charge in [-0.25, -0.2) is 4.39 Å². The van der Waals surface area contributed by atoms with Gasteiger partial charge >= 0.3 is 0 Å². The molecule has 0 saturated carbocycles. The Labute approximate surface area is 127 Å². The second kappa shape index (κ2) is 6.97. The molecule has 0 aliphatic rings. The van der Waals surface area contributed by atoms with Crippen molar-refractivity contribution < 1.29 is 4.39 Å². The summed E-state index contributed by atoms with van der Waals surface area (Å²) in [5.41, 5.74) is 6.19. The molecule has 2 nitrogen and oxygen atoms in total. The molecule has 0 bridgehead atoms. The maximum atomic E-state index is 13.5. The molecule has 0 saturated heterocycles. The normalized spacial score (nSPS) is 12.4. The van der Waals surface area contributed by atoms with Crippen molar-refractivity contribution in [2.24, 2.45) is 5.84 Å². The molecular weight excluding hydrogens is 319 g/mol. The summed E-state index contributed by atoms with van der Waals surface area (Å²) >= 11 is 3.29. The van der Waals surface area contributed by atoms with E-state index >= 15 is 0 Å². The summed E-state index contributed by atoms with van der Waals surface area (Å²) < 4.78 is 14.0. The number of hydrogen-bond donors (Lipinski definition) is 2. The van der Waals surface area contributed by atoms with E-state index in [-0.39, 0.29) is 11.9 Å². The van der Waals surface area contributed by atoms with Crippen LogP contribution < -0.4 is 11.3 Å². The summed E-state index contributed by atoms with van der Waals surface area (Å²) in [4.78, 5) is 0. The Kier molecular flexibility index (Phi) is 5.29. The van der Waals surface area contributed by atoms with Gasteiger partial charge in [0.2, 0.25) is 0 Å². The summed E-state index contributed by atoms with van der Waals surface area (Å²) in [6.45, 7) is 2.07. The predicted octanol–water partition coefficient (Wildman–Crippen LogP) is 3.51. The lowest BCUT2D eigenvalue weighted by atomic mass is 9.98. The molecule has 0 fully saturated rings. The van der Waals surface area contributed by atoms with Gasteiger partial charge in [0.25, 0.3) is 0 Å². The van der Waals surface area contributed by atoms with Crippen LogP contribution in [0.4, 0.5) is 4.39 Å². The largest absolute Gasteiger partial charge is 0.271 e. The monoisotopic (exact) mass is 336 g/mol. The number of halogens is 2. The van der Waals surface area contributed by atoms with E-state index in [4.69, 9.17) is 5.84 Å². The van der Waals surface area contributed by atoms with Gasteiger partial charge in [0, 0.05) is 6.04 Å². The highest BCUT2D eigenvalue weighted by molar-refractivity contribution is 9.10. The van der Waals surface area contributed by atoms with Gasteiger partial charge in [-0.3, -0.25) is 11.3 Å². The van der Waals surface area contributed by atoms with Crippen LogP contribution >= 0.6 is 15.9 Å². The zero-order valence-electron chi connectivity index (χ0n) is 11.4. The van der Waals surface area contributed by atoms with E-state index in [1.807, 2.05) is 12.1 Å². The van der Waals surface area contributed by atoms with Gasteiger partial charge in [-0.2, -0.15) is 0 Å². The second-order valence-corrected chi connectivity index (χ2v) is 5.77. The van der Waals surface area contributed by atoms with E-state index in [9.17, 15) is 4.39 Å². The van der Waals surface area contributed by atoms with Crippen LogP contribution in [-0.2, 0) is 12.8 Å². The third-order valence-corrected chi connectivity index (χ3v) is 4.19. The van der Waals surface area contributed by atoms with Crippen molar-refractivity contribution in [1.82, 2.24) is 5.43 Å². The molecule has 2 aromatic carbocycles. The zero-order chi connectivity index (χ0) is 14.5. The average molecular weight is 337 g/mol. The molecule has 1 atom stereocenters. The Hall–Kier alpha value is -1.23. The first-order chi connectivity index (χ1) is 9.60. The lowest BCUT2D eigenvalue weighted by Crippen LogP contribution is -2.38. The van der Waals surface area contributed by atoms with Gasteiger partial charge in [0.05, 0.1) is 4.47 Å². The highest BCUT2D eigenvalue weighted by Crippen LogP contribution is 2.22. The predicted molar refractivity (Wildman–Crippen MR) is 83.8 cm³/mol. The molecule has 106 valence electrons. The van der Waals surface area contributed by atoms with Gasteiger partial charge in [-0.15, -0.1) is 0 Å². The van der Waals surface area contributed by atoms with Crippen molar-refractivity contribution >= 4 is 15.9 Å². The summed E-state index contributed by atoms with van der Waals surface area (Å²) in [7, 11) is 0. The number of hydrazine groups is 1. The fourth-order valence-electron chi connectivity index (χ4n) is 2.29. The van der Waals surface area contributed by atoms with Gasteiger partial charge in [0.15, 0.2) is 0 Å². The fourth-order valence-corrected chi connectivity index (χ4v) is 2.71. The smallest absolute Gasteiger partial charge is 0.137 e. The molecule has 0 heterocycles. The lowest BCUT2D eigenvalue weighted by molar-refractivity contribution is 0.519. The molecule has 20 heavy (non-hydrogen) atoms. The van der Waals surface area contributed by atoms with Crippen molar-refractivity contribution in [2.75, 3.05) is 0 Å². The van der Waals surface area contributed by atoms with Crippen LogP contribution in [0.3, 0.4) is 0 Å². The standard InChI is InChI=1S/C16H18BrFN2/c1-11-4-2-5-12(8-11)9-14(20-19)10-13-6-3-7-15(18)16(13)17/h2-8,14,20H,9-10,19H2,1H3. The first kappa shape index (κ1) is 15.2. The van der Waals surface area contributed by atoms with Crippen LogP contribution in [0.25, 0.3) is 0 Å². The first-order valence-corrected chi connectivity index (χ1v) is 7.34. The molecule has 1 unspecified atom stereocenters. The Morgan fingerprint density at radius 2 is 1.95 bits per heavy atom. The van der Waals surface area contributed by atoms with Crippen LogP contribution in [0.2, 0.25) is 0 Å². The van der Waals surface area contributed by atoms with Gasteiger partial charge < -0.3 is 0 Å². The molecule has 0 aliphatic carbocycles. The number of aryl methyl sites for hydroxylation is 1. The van der Waals surface area contributed by atoms with Crippen LogP contribution in [0.1, 0.15) is 16.7 Å². The highest BCUT2D eigenvalue weighted by Gasteiger charge is 2.13.